The maximum atomic E-state index is 13.2. The summed E-state index contributed by atoms with van der Waals surface area (Å²) >= 11 is 2.91. The zero-order chi connectivity index (χ0) is 25.6. The Labute approximate surface area is 212 Å². The molecule has 0 radical (unpaired) electrons. The lowest BCUT2D eigenvalue weighted by Gasteiger charge is -2.25. The number of nitrogens with one attached hydrogen (secondary N) is 3. The highest BCUT2D eigenvalue weighted by Gasteiger charge is 2.37. The summed E-state index contributed by atoms with van der Waals surface area (Å²) in [4.78, 5) is 6.17. The van der Waals surface area contributed by atoms with Crippen molar-refractivity contribution in [1.29, 1.82) is 10.8 Å². The van der Waals surface area contributed by atoms with Crippen molar-refractivity contribution in [1.82, 2.24) is 19.7 Å². The summed E-state index contributed by atoms with van der Waals surface area (Å²) in [5, 5.41) is 21.8. The van der Waals surface area contributed by atoms with Crippen LogP contribution in [0.5, 0.6) is 0 Å². The average molecular weight is 554 g/mol. The molecular formula is C24H31BrF3N7. The van der Waals surface area contributed by atoms with E-state index in [9.17, 15) is 13.2 Å². The lowest BCUT2D eigenvalue weighted by molar-refractivity contribution is -0.144. The van der Waals surface area contributed by atoms with Crippen LogP contribution in [0.1, 0.15) is 56.5 Å². The number of hydrogen-bond acceptors (Lipinski definition) is 6. The Morgan fingerprint density at radius 2 is 1.74 bits per heavy atom. The predicted molar refractivity (Wildman–Crippen MR) is 136 cm³/mol. The van der Waals surface area contributed by atoms with Gasteiger partial charge in [-0.05, 0) is 103 Å². The third-order valence-corrected chi connectivity index (χ3v) is 6.35. The number of nitrogens with zero attached hydrogens (tertiary/aromatic N) is 4. The third-order valence-electron chi connectivity index (χ3n) is 6.09. The van der Waals surface area contributed by atoms with Gasteiger partial charge >= 0.3 is 6.18 Å². The van der Waals surface area contributed by atoms with E-state index in [-0.39, 0.29) is 16.4 Å². The topological polar surface area (TPSA) is 93.7 Å². The third kappa shape index (κ3) is 7.00. The molecule has 0 amide bonds. The molecule has 2 heterocycles. The van der Waals surface area contributed by atoms with Crippen molar-refractivity contribution >= 4 is 38.0 Å². The molecule has 35 heavy (non-hydrogen) atoms. The maximum Gasteiger partial charge on any atom is 0.453 e. The lowest BCUT2D eigenvalue weighted by atomic mass is 10.0. The number of alkyl halides is 3. The van der Waals surface area contributed by atoms with E-state index in [0.717, 1.165) is 30.4 Å². The Bertz CT molecular complexity index is 1070. The van der Waals surface area contributed by atoms with Crippen molar-refractivity contribution < 1.29 is 13.2 Å². The quantitative estimate of drug-likeness (QED) is 0.234. The fourth-order valence-electron chi connectivity index (χ4n) is 4.47. The zero-order valence-corrected chi connectivity index (χ0v) is 21.5. The van der Waals surface area contributed by atoms with Crippen LogP contribution in [0.25, 0.3) is 0 Å². The van der Waals surface area contributed by atoms with Crippen molar-refractivity contribution in [3.8, 4) is 0 Å². The molecule has 2 aromatic rings. The first kappa shape index (κ1) is 27.1. The Morgan fingerprint density at radius 1 is 1.09 bits per heavy atom. The Kier molecular flexibility index (Phi) is 9.23. The van der Waals surface area contributed by atoms with Crippen LogP contribution in [0.4, 0.5) is 24.8 Å². The molecule has 190 valence electrons. The van der Waals surface area contributed by atoms with Gasteiger partial charge in [-0.1, -0.05) is 19.9 Å². The number of rotatable bonds is 5. The summed E-state index contributed by atoms with van der Waals surface area (Å²) in [6.45, 7) is 6.33. The van der Waals surface area contributed by atoms with Gasteiger partial charge in [-0.25, -0.2) is 0 Å². The molecule has 4 rings (SSSR count). The van der Waals surface area contributed by atoms with Crippen molar-refractivity contribution in [2.75, 3.05) is 18.4 Å². The summed E-state index contributed by atoms with van der Waals surface area (Å²) in [7, 11) is 0. The Morgan fingerprint density at radius 3 is 2.37 bits per heavy atom. The molecule has 1 aromatic heterocycles. The summed E-state index contributed by atoms with van der Waals surface area (Å²) in [5.41, 5.74) is 3.05. The van der Waals surface area contributed by atoms with Gasteiger partial charge in [0, 0.05) is 11.7 Å². The molecule has 1 unspecified atom stereocenters. The highest BCUT2D eigenvalue weighted by atomic mass is 79.9. The second-order valence-electron chi connectivity index (χ2n) is 8.32. The number of aromatic nitrogens is 3. The molecule has 0 spiro atoms. The SMILES string of the molecule is CC.N=C(Br)/C=C\C(=N)n1nc(C(F)(F)F)nc1Nc1ccc2c(c1)CCC(N1CCCC1)CC2. The molecule has 1 saturated heterocycles. The van der Waals surface area contributed by atoms with E-state index in [2.05, 4.69) is 36.2 Å². The molecule has 7 nitrogen and oxygen atoms in total. The molecule has 0 bridgehead atoms. The van der Waals surface area contributed by atoms with Crippen LogP contribution in [0.3, 0.4) is 0 Å². The summed E-state index contributed by atoms with van der Waals surface area (Å²) < 4.78 is 40.5. The van der Waals surface area contributed by atoms with Crippen LogP contribution < -0.4 is 5.32 Å². The molecule has 3 N–H and O–H groups in total. The van der Waals surface area contributed by atoms with E-state index in [0.29, 0.717) is 11.7 Å². The molecule has 1 fully saturated rings. The van der Waals surface area contributed by atoms with E-state index >= 15 is 0 Å². The molecule has 11 heteroatoms. The predicted octanol–water partition coefficient (Wildman–Crippen LogP) is 6.16. The Balaban J connectivity index is 0.00000167. The van der Waals surface area contributed by atoms with Gasteiger partial charge in [0.1, 0.15) is 5.84 Å². The highest BCUT2D eigenvalue weighted by Crippen LogP contribution is 2.30. The van der Waals surface area contributed by atoms with Crippen molar-refractivity contribution in [3.63, 3.8) is 0 Å². The van der Waals surface area contributed by atoms with Gasteiger partial charge in [-0.3, -0.25) is 10.8 Å². The van der Waals surface area contributed by atoms with Crippen molar-refractivity contribution in [2.24, 2.45) is 0 Å². The number of benzene rings is 1. The standard InChI is InChI=1S/C22H25BrF3N7.C2H6/c23-18(27)9-10-19(28)33-21(30-20(31-33)22(24,25)26)29-16-6-3-14-4-7-17(8-5-15(14)13-16)32-11-1-2-12-32;1-2/h3,6,9-10,13,17,27-28H,1-2,4-5,7-8,11-12H2,(H,29,30,31);1-2H3/b10-9-,27-18?,28-19?;. The molecule has 0 saturated carbocycles. The number of fused-ring (bicyclic) bond motifs is 1. The zero-order valence-electron chi connectivity index (χ0n) is 19.9. The first-order valence-corrected chi connectivity index (χ1v) is 12.7. The van der Waals surface area contributed by atoms with E-state index < -0.39 is 12.0 Å². The molecule has 1 aliphatic carbocycles. The number of hydrogen-bond donors (Lipinski definition) is 3. The lowest BCUT2D eigenvalue weighted by Crippen LogP contribution is -2.32. The average Bonchev–Trinajstić information content (AvgIpc) is 3.46. The fraction of sp³-hybridized carbons (Fsp3) is 0.500. The van der Waals surface area contributed by atoms with E-state index in [1.807, 2.05) is 32.0 Å². The van der Waals surface area contributed by atoms with Gasteiger partial charge in [0.25, 0.3) is 5.82 Å². The first-order chi connectivity index (χ1) is 16.7. The summed E-state index contributed by atoms with van der Waals surface area (Å²) in [5.74, 6) is -1.89. The first-order valence-electron chi connectivity index (χ1n) is 11.9. The minimum absolute atomic E-state index is 0.0177. The fourth-order valence-corrected chi connectivity index (χ4v) is 4.61. The minimum Gasteiger partial charge on any atom is -0.324 e. The van der Waals surface area contributed by atoms with Gasteiger partial charge in [0.2, 0.25) is 5.95 Å². The largest absolute Gasteiger partial charge is 0.453 e. The molecule has 1 aromatic carbocycles. The second kappa shape index (κ2) is 11.9. The molecular weight excluding hydrogens is 523 g/mol. The van der Waals surface area contributed by atoms with Crippen LogP contribution in [0.2, 0.25) is 0 Å². The molecule has 1 atom stereocenters. The van der Waals surface area contributed by atoms with Crippen LogP contribution in [0.15, 0.2) is 30.4 Å². The second-order valence-corrected chi connectivity index (χ2v) is 9.17. The van der Waals surface area contributed by atoms with Gasteiger partial charge in [-0.15, -0.1) is 5.10 Å². The monoisotopic (exact) mass is 553 g/mol. The van der Waals surface area contributed by atoms with Gasteiger partial charge in [-0.2, -0.15) is 22.8 Å². The molecule has 2 aliphatic rings. The maximum absolute atomic E-state index is 13.2. The van der Waals surface area contributed by atoms with Crippen molar-refractivity contribution in [2.45, 2.75) is 64.6 Å². The van der Waals surface area contributed by atoms with Gasteiger partial charge in [0.05, 0.1) is 4.62 Å². The number of anilines is 2. The number of halogens is 4. The summed E-state index contributed by atoms with van der Waals surface area (Å²) in [6, 6.07) is 6.39. The van der Waals surface area contributed by atoms with Crippen molar-refractivity contribution in [3.05, 3.63) is 47.3 Å². The minimum atomic E-state index is -4.74. The Hall–Kier alpha value is -2.53. The molecule has 1 aliphatic heterocycles. The van der Waals surface area contributed by atoms with Crippen LogP contribution in [-0.4, -0.2) is 49.3 Å². The van der Waals surface area contributed by atoms with Gasteiger partial charge < -0.3 is 10.2 Å². The summed E-state index contributed by atoms with van der Waals surface area (Å²) in [6.07, 6.45) is 4.28. The number of allylic oxidation sites excluding steroid dienone is 2. The van der Waals surface area contributed by atoms with E-state index in [1.54, 1.807) is 0 Å². The van der Waals surface area contributed by atoms with Gasteiger partial charge in [0.15, 0.2) is 0 Å². The van der Waals surface area contributed by atoms with Crippen LogP contribution >= 0.6 is 15.9 Å². The number of likely N-dealkylation sites (tertiary alicyclic amines) is 1. The highest BCUT2D eigenvalue weighted by molar-refractivity contribution is 9.18. The van der Waals surface area contributed by atoms with E-state index in [1.165, 1.54) is 49.2 Å². The van der Waals surface area contributed by atoms with Crippen LogP contribution in [0, 0.1) is 10.8 Å². The van der Waals surface area contributed by atoms with E-state index in [4.69, 9.17) is 10.8 Å². The normalized spacial score (nSPS) is 18.5. The van der Waals surface area contributed by atoms with Crippen LogP contribution in [-0.2, 0) is 19.0 Å². The smallest absolute Gasteiger partial charge is 0.324 e. The number of aryl methyl sites for hydroxylation is 2.